The maximum absolute atomic E-state index is 13.4. The van der Waals surface area contributed by atoms with E-state index < -0.39 is 0 Å². The minimum absolute atomic E-state index is 0.000302. The van der Waals surface area contributed by atoms with Crippen LogP contribution in [0.2, 0.25) is 0 Å². The molecule has 0 bridgehead atoms. The Bertz CT molecular complexity index is 1250. The highest BCUT2D eigenvalue weighted by molar-refractivity contribution is 5.77. The average Bonchev–Trinajstić information content (AvgIpc) is 3.59. The molecule has 4 aromatic rings. The zero-order valence-corrected chi connectivity index (χ0v) is 16.9. The van der Waals surface area contributed by atoms with Crippen LogP contribution in [0.5, 0.6) is 5.75 Å². The fourth-order valence-electron chi connectivity index (χ4n) is 3.98. The molecule has 1 aliphatic rings. The maximum atomic E-state index is 13.4. The first-order valence-electron chi connectivity index (χ1n) is 10.2. The fraction of sp³-hybridized carbons (Fsp3) is 0.200. The molecule has 5 rings (SSSR count). The molecule has 150 valence electrons. The van der Waals surface area contributed by atoms with E-state index in [1.54, 1.807) is 11.8 Å². The van der Waals surface area contributed by atoms with Crippen molar-refractivity contribution in [3.8, 4) is 5.75 Å². The van der Waals surface area contributed by atoms with Gasteiger partial charge in [0, 0.05) is 6.42 Å². The second-order valence-corrected chi connectivity index (χ2v) is 7.56. The van der Waals surface area contributed by atoms with E-state index in [1.165, 1.54) is 5.56 Å². The number of para-hydroxylation sites is 1. The van der Waals surface area contributed by atoms with Gasteiger partial charge in [-0.3, -0.25) is 9.80 Å². The zero-order valence-electron chi connectivity index (χ0n) is 16.9. The van der Waals surface area contributed by atoms with Crippen LogP contribution in [0, 0.1) is 0 Å². The predicted molar refractivity (Wildman–Crippen MR) is 119 cm³/mol. The molecule has 0 radical (unpaired) electrons. The lowest BCUT2D eigenvalue weighted by Crippen LogP contribution is -2.33. The van der Waals surface area contributed by atoms with E-state index in [2.05, 4.69) is 23.2 Å². The third kappa shape index (κ3) is 3.43. The quantitative estimate of drug-likeness (QED) is 0.463. The minimum atomic E-state index is -0.000302. The smallest absolute Gasteiger partial charge is 0.280 e. The highest BCUT2D eigenvalue weighted by atomic mass is 16.5. The summed E-state index contributed by atoms with van der Waals surface area (Å²) in [6, 6.07) is 26.2. The van der Waals surface area contributed by atoms with E-state index in [9.17, 15) is 4.79 Å². The van der Waals surface area contributed by atoms with Gasteiger partial charge in [-0.1, -0.05) is 54.6 Å². The molecule has 0 N–H and O–H groups in total. The number of nitrogens with zero attached hydrogens (tertiary/aromatic N) is 3. The summed E-state index contributed by atoms with van der Waals surface area (Å²) in [5.74, 6) is 1.63. The summed E-state index contributed by atoms with van der Waals surface area (Å²) in [6.45, 7) is 0.816. The molecule has 1 unspecified atom stereocenters. The molecule has 1 fully saturated rings. The SMILES string of the molecule is COc1cccc(CCc2nc3ccccc3c(=O)n2N2CC2c2ccccc2)c1. The molecule has 5 nitrogen and oxygen atoms in total. The lowest BCUT2D eigenvalue weighted by molar-refractivity contribution is 0.414. The molecule has 0 amide bonds. The van der Waals surface area contributed by atoms with Crippen molar-refractivity contribution < 1.29 is 4.74 Å². The Hall–Kier alpha value is -3.60. The number of methoxy groups -OCH3 is 1. The van der Waals surface area contributed by atoms with Crippen molar-refractivity contribution in [3.05, 3.63) is 106 Å². The summed E-state index contributed by atoms with van der Waals surface area (Å²) in [5.41, 5.74) is 3.13. The van der Waals surface area contributed by atoms with Crippen LogP contribution >= 0.6 is 0 Å². The number of ether oxygens (including phenoxy) is 1. The van der Waals surface area contributed by atoms with Gasteiger partial charge < -0.3 is 4.74 Å². The molecule has 0 saturated carbocycles. The van der Waals surface area contributed by atoms with Gasteiger partial charge in [-0.25, -0.2) is 9.66 Å². The molecular weight excluding hydrogens is 374 g/mol. The van der Waals surface area contributed by atoms with Gasteiger partial charge in [0.1, 0.15) is 11.6 Å². The molecule has 5 heteroatoms. The highest BCUT2D eigenvalue weighted by Crippen LogP contribution is 2.32. The van der Waals surface area contributed by atoms with Crippen molar-refractivity contribution in [2.24, 2.45) is 0 Å². The molecular formula is C25H23N3O2. The second kappa shape index (κ2) is 7.67. The van der Waals surface area contributed by atoms with Gasteiger partial charge in [-0.05, 0) is 41.8 Å². The lowest BCUT2D eigenvalue weighted by Gasteiger charge is -2.16. The molecule has 2 heterocycles. The van der Waals surface area contributed by atoms with Crippen molar-refractivity contribution in [1.29, 1.82) is 0 Å². The van der Waals surface area contributed by atoms with E-state index >= 15 is 0 Å². The van der Waals surface area contributed by atoms with Gasteiger partial charge in [0.2, 0.25) is 0 Å². The summed E-state index contributed by atoms with van der Waals surface area (Å²) in [7, 11) is 1.67. The highest BCUT2D eigenvalue weighted by Gasteiger charge is 2.38. The standard InChI is InChI=1S/C25H23N3O2/c1-30-20-11-7-8-18(16-20)14-15-24-26-22-13-6-5-12-21(22)25(29)28(24)27-17-23(27)19-9-3-2-4-10-19/h2-13,16,23H,14-15,17H2,1H3. The van der Waals surface area contributed by atoms with Crippen LogP contribution in [0.3, 0.4) is 0 Å². The summed E-state index contributed by atoms with van der Waals surface area (Å²) in [6.07, 6.45) is 1.46. The van der Waals surface area contributed by atoms with Gasteiger partial charge in [-0.2, -0.15) is 0 Å². The van der Waals surface area contributed by atoms with Gasteiger partial charge >= 0.3 is 0 Å². The van der Waals surface area contributed by atoms with Crippen LogP contribution < -0.4 is 15.3 Å². The van der Waals surface area contributed by atoms with Gasteiger partial charge in [-0.15, -0.1) is 0 Å². The monoisotopic (exact) mass is 397 g/mol. The van der Waals surface area contributed by atoms with Crippen molar-refractivity contribution >= 4 is 10.9 Å². The Morgan fingerprint density at radius 1 is 0.967 bits per heavy atom. The summed E-state index contributed by atoms with van der Waals surface area (Å²) < 4.78 is 7.13. The number of fused-ring (bicyclic) bond motifs is 1. The van der Waals surface area contributed by atoms with Crippen LogP contribution in [-0.4, -0.2) is 23.3 Å². The lowest BCUT2D eigenvalue weighted by atomic mass is 10.1. The first-order chi connectivity index (χ1) is 14.7. The van der Waals surface area contributed by atoms with Crippen LogP contribution in [0.25, 0.3) is 10.9 Å². The van der Waals surface area contributed by atoms with Crippen LogP contribution in [0.15, 0.2) is 83.7 Å². The Kier molecular flexibility index (Phi) is 4.71. The molecule has 1 saturated heterocycles. The number of hydrogen-bond acceptors (Lipinski definition) is 4. The topological polar surface area (TPSA) is 47.1 Å². The molecule has 3 aromatic carbocycles. The van der Waals surface area contributed by atoms with E-state index in [0.29, 0.717) is 11.8 Å². The number of hydrogen-bond donors (Lipinski definition) is 0. The third-order valence-corrected chi connectivity index (χ3v) is 5.62. The van der Waals surface area contributed by atoms with E-state index in [-0.39, 0.29) is 11.6 Å². The molecule has 0 aliphatic carbocycles. The van der Waals surface area contributed by atoms with Crippen LogP contribution in [0.1, 0.15) is 23.0 Å². The van der Waals surface area contributed by atoms with Crippen molar-refractivity contribution in [3.63, 3.8) is 0 Å². The summed E-state index contributed by atoms with van der Waals surface area (Å²) in [5, 5.41) is 2.76. The van der Waals surface area contributed by atoms with Crippen LogP contribution in [-0.2, 0) is 12.8 Å². The molecule has 1 aromatic heterocycles. The van der Waals surface area contributed by atoms with E-state index in [0.717, 1.165) is 35.6 Å². The summed E-state index contributed by atoms with van der Waals surface area (Å²) >= 11 is 0. The first-order valence-corrected chi connectivity index (χ1v) is 10.2. The average molecular weight is 397 g/mol. The Labute approximate surface area is 175 Å². The largest absolute Gasteiger partial charge is 0.497 e. The number of aryl methyl sites for hydroxylation is 2. The molecule has 0 spiro atoms. The Morgan fingerprint density at radius 2 is 1.77 bits per heavy atom. The van der Waals surface area contributed by atoms with Crippen molar-refractivity contribution in [1.82, 2.24) is 9.66 Å². The molecule has 30 heavy (non-hydrogen) atoms. The third-order valence-electron chi connectivity index (χ3n) is 5.62. The van der Waals surface area contributed by atoms with Crippen LogP contribution in [0.4, 0.5) is 0 Å². The number of rotatable bonds is 6. The van der Waals surface area contributed by atoms with Gasteiger partial charge in [0.25, 0.3) is 5.56 Å². The fourth-order valence-corrected chi connectivity index (χ4v) is 3.98. The minimum Gasteiger partial charge on any atom is -0.497 e. The van der Waals surface area contributed by atoms with Crippen molar-refractivity contribution in [2.75, 3.05) is 18.7 Å². The number of benzene rings is 3. The first kappa shape index (κ1) is 18.4. The zero-order chi connectivity index (χ0) is 20.5. The Morgan fingerprint density at radius 3 is 2.60 bits per heavy atom. The van der Waals surface area contributed by atoms with E-state index in [4.69, 9.17) is 9.72 Å². The predicted octanol–water partition coefficient (Wildman–Crippen LogP) is 3.88. The van der Waals surface area contributed by atoms with Gasteiger partial charge in [0.05, 0.1) is 30.6 Å². The molecule has 1 atom stereocenters. The number of aromatic nitrogens is 2. The van der Waals surface area contributed by atoms with Crippen molar-refractivity contribution in [2.45, 2.75) is 18.9 Å². The van der Waals surface area contributed by atoms with E-state index in [1.807, 2.05) is 60.7 Å². The normalized spacial score (nSPS) is 15.4. The van der Waals surface area contributed by atoms with Gasteiger partial charge in [0.15, 0.2) is 0 Å². The maximum Gasteiger partial charge on any atom is 0.280 e. The second-order valence-electron chi connectivity index (χ2n) is 7.56. The molecule has 1 aliphatic heterocycles. The summed E-state index contributed by atoms with van der Waals surface area (Å²) in [4.78, 5) is 18.3. The Balaban J connectivity index is 1.52.